The number of aromatic nitrogens is 3. The van der Waals surface area contributed by atoms with Crippen LogP contribution in [0, 0.1) is 5.92 Å². The maximum atomic E-state index is 12.5. The minimum atomic E-state index is -0.0541. The van der Waals surface area contributed by atoms with Crippen molar-refractivity contribution in [2.45, 2.75) is 12.6 Å². The lowest BCUT2D eigenvalue weighted by Gasteiger charge is -2.22. The van der Waals surface area contributed by atoms with Crippen LogP contribution in [0.15, 0.2) is 36.8 Å². The Hall–Kier alpha value is -2.25. The highest BCUT2D eigenvalue weighted by atomic mass is 16.1. The van der Waals surface area contributed by atoms with E-state index in [0.29, 0.717) is 11.5 Å². The zero-order valence-electron chi connectivity index (χ0n) is 15.1. The van der Waals surface area contributed by atoms with E-state index in [-0.39, 0.29) is 11.9 Å². The van der Waals surface area contributed by atoms with Crippen molar-refractivity contribution in [3.63, 3.8) is 0 Å². The van der Waals surface area contributed by atoms with Gasteiger partial charge in [-0.05, 0) is 26.2 Å². The van der Waals surface area contributed by atoms with Crippen molar-refractivity contribution in [1.82, 2.24) is 29.9 Å². The van der Waals surface area contributed by atoms with Crippen LogP contribution >= 0.6 is 0 Å². The third kappa shape index (κ3) is 4.64. The van der Waals surface area contributed by atoms with E-state index in [1.165, 1.54) is 0 Å². The number of pyridine rings is 1. The van der Waals surface area contributed by atoms with E-state index in [4.69, 9.17) is 0 Å². The Morgan fingerprint density at radius 1 is 1.36 bits per heavy atom. The molecule has 7 nitrogen and oxygen atoms in total. The molecule has 2 atom stereocenters. The summed E-state index contributed by atoms with van der Waals surface area (Å²) in [5, 5.41) is 7.28. The first kappa shape index (κ1) is 17.6. The van der Waals surface area contributed by atoms with Crippen molar-refractivity contribution in [3.05, 3.63) is 48.0 Å². The number of hydrogen-bond donors (Lipinski definition) is 1. The lowest BCUT2D eigenvalue weighted by Crippen LogP contribution is -2.43. The Labute approximate surface area is 148 Å². The van der Waals surface area contributed by atoms with E-state index in [1.54, 1.807) is 17.1 Å². The molecule has 0 radical (unpaired) electrons. The minimum absolute atomic E-state index is 0.0541. The number of rotatable bonds is 6. The monoisotopic (exact) mass is 342 g/mol. The molecule has 0 spiro atoms. The van der Waals surface area contributed by atoms with Gasteiger partial charge in [0.2, 0.25) is 0 Å². The number of nitrogens with one attached hydrogen (secondary N) is 1. The number of likely N-dealkylation sites (tertiary alicyclic amines) is 1. The molecule has 1 saturated heterocycles. The molecule has 1 aliphatic rings. The third-order valence-electron chi connectivity index (χ3n) is 4.51. The van der Waals surface area contributed by atoms with Gasteiger partial charge in [-0.1, -0.05) is 6.07 Å². The normalized spacial score (nSPS) is 21.0. The van der Waals surface area contributed by atoms with Crippen LogP contribution in [0.1, 0.15) is 16.1 Å². The third-order valence-corrected chi connectivity index (χ3v) is 4.51. The van der Waals surface area contributed by atoms with Crippen LogP contribution in [0.25, 0.3) is 0 Å². The Balaban J connectivity index is 1.66. The average molecular weight is 342 g/mol. The molecule has 2 aromatic rings. The van der Waals surface area contributed by atoms with Crippen LogP contribution in [-0.2, 0) is 13.6 Å². The molecule has 1 aliphatic heterocycles. The van der Waals surface area contributed by atoms with Gasteiger partial charge in [0.05, 0.1) is 17.5 Å². The molecular formula is C18H26N6O. The first-order valence-corrected chi connectivity index (χ1v) is 8.58. The predicted molar refractivity (Wildman–Crippen MR) is 96.0 cm³/mol. The lowest BCUT2D eigenvalue weighted by molar-refractivity contribution is 0.0926. The Kier molecular flexibility index (Phi) is 5.45. The average Bonchev–Trinajstić information content (AvgIpc) is 3.15. The van der Waals surface area contributed by atoms with Crippen LogP contribution in [0.4, 0.5) is 0 Å². The van der Waals surface area contributed by atoms with E-state index in [0.717, 1.165) is 31.9 Å². The summed E-state index contributed by atoms with van der Waals surface area (Å²) < 4.78 is 1.65. The van der Waals surface area contributed by atoms with Gasteiger partial charge < -0.3 is 10.2 Å². The first-order chi connectivity index (χ1) is 12.0. The number of carbonyl (C=O) groups is 1. The fourth-order valence-corrected chi connectivity index (χ4v) is 3.42. The second-order valence-electron chi connectivity index (χ2n) is 7.02. The van der Waals surface area contributed by atoms with E-state index in [9.17, 15) is 4.79 Å². The van der Waals surface area contributed by atoms with Crippen LogP contribution in [0.5, 0.6) is 0 Å². The van der Waals surface area contributed by atoms with E-state index in [1.807, 2.05) is 31.4 Å². The van der Waals surface area contributed by atoms with Crippen LogP contribution in [0.2, 0.25) is 0 Å². The molecule has 7 heteroatoms. The summed E-state index contributed by atoms with van der Waals surface area (Å²) in [6.07, 6.45) is 5.18. The molecule has 3 heterocycles. The smallest absolute Gasteiger partial charge is 0.254 e. The van der Waals surface area contributed by atoms with Gasteiger partial charge in [0.1, 0.15) is 0 Å². The van der Waals surface area contributed by atoms with Gasteiger partial charge in [0.15, 0.2) is 0 Å². The zero-order valence-corrected chi connectivity index (χ0v) is 15.1. The standard InChI is InChI=1S/C18H26N6O/c1-22(2)9-15-11-24(12-16-6-4-5-7-19-16)13-17(15)21-18(25)14-8-20-23(3)10-14/h4-8,10,15,17H,9,11-13H2,1-3H3,(H,21,25)/t15-,17-/m1/s1. The van der Waals surface area contributed by atoms with Crippen molar-refractivity contribution in [2.75, 3.05) is 33.7 Å². The van der Waals surface area contributed by atoms with Crippen molar-refractivity contribution < 1.29 is 4.79 Å². The van der Waals surface area contributed by atoms with Crippen LogP contribution < -0.4 is 5.32 Å². The summed E-state index contributed by atoms with van der Waals surface area (Å²) in [6.45, 7) is 3.54. The molecule has 0 saturated carbocycles. The Morgan fingerprint density at radius 3 is 2.84 bits per heavy atom. The van der Waals surface area contributed by atoms with E-state index in [2.05, 4.69) is 39.3 Å². The first-order valence-electron chi connectivity index (χ1n) is 8.58. The quantitative estimate of drug-likeness (QED) is 0.833. The molecule has 0 aliphatic carbocycles. The van der Waals surface area contributed by atoms with Gasteiger partial charge in [-0.25, -0.2) is 0 Å². The Bertz CT molecular complexity index is 699. The number of amides is 1. The van der Waals surface area contributed by atoms with Gasteiger partial charge in [0, 0.05) is 57.6 Å². The molecular weight excluding hydrogens is 316 g/mol. The van der Waals surface area contributed by atoms with Crippen LogP contribution in [0.3, 0.4) is 0 Å². The topological polar surface area (TPSA) is 66.3 Å². The summed E-state index contributed by atoms with van der Waals surface area (Å²) in [6, 6.07) is 6.11. The number of aryl methyl sites for hydroxylation is 1. The van der Waals surface area contributed by atoms with E-state index >= 15 is 0 Å². The highest BCUT2D eigenvalue weighted by Crippen LogP contribution is 2.20. The van der Waals surface area contributed by atoms with Gasteiger partial charge in [-0.15, -0.1) is 0 Å². The van der Waals surface area contributed by atoms with Crippen molar-refractivity contribution >= 4 is 5.91 Å². The number of nitrogens with zero attached hydrogens (tertiary/aromatic N) is 5. The van der Waals surface area contributed by atoms with Crippen molar-refractivity contribution in [3.8, 4) is 0 Å². The molecule has 0 bridgehead atoms. The van der Waals surface area contributed by atoms with Crippen LogP contribution in [-0.4, -0.2) is 70.2 Å². The van der Waals surface area contributed by atoms with Gasteiger partial charge in [-0.2, -0.15) is 5.10 Å². The van der Waals surface area contributed by atoms with Crippen molar-refractivity contribution in [1.29, 1.82) is 0 Å². The fourth-order valence-electron chi connectivity index (χ4n) is 3.42. The maximum Gasteiger partial charge on any atom is 0.254 e. The SMILES string of the molecule is CN(C)C[C@@H]1CN(Cc2ccccn2)C[C@H]1NC(=O)c1cnn(C)c1. The van der Waals surface area contributed by atoms with Gasteiger partial charge >= 0.3 is 0 Å². The summed E-state index contributed by atoms with van der Waals surface area (Å²) >= 11 is 0. The maximum absolute atomic E-state index is 12.5. The second-order valence-corrected chi connectivity index (χ2v) is 7.02. The molecule has 3 rings (SSSR count). The summed E-state index contributed by atoms with van der Waals surface area (Å²) in [4.78, 5) is 21.5. The molecule has 1 fully saturated rings. The molecule has 25 heavy (non-hydrogen) atoms. The van der Waals surface area contributed by atoms with Gasteiger partial charge in [-0.3, -0.25) is 19.4 Å². The zero-order chi connectivity index (χ0) is 17.8. The van der Waals surface area contributed by atoms with E-state index < -0.39 is 0 Å². The summed E-state index contributed by atoms with van der Waals surface area (Å²) in [7, 11) is 5.96. The lowest BCUT2D eigenvalue weighted by atomic mass is 10.0. The summed E-state index contributed by atoms with van der Waals surface area (Å²) in [5.74, 6) is 0.334. The Morgan fingerprint density at radius 2 is 2.20 bits per heavy atom. The highest BCUT2D eigenvalue weighted by molar-refractivity contribution is 5.93. The molecule has 134 valence electrons. The van der Waals surface area contributed by atoms with Gasteiger partial charge in [0.25, 0.3) is 5.91 Å². The number of carbonyl (C=O) groups excluding carboxylic acids is 1. The summed E-state index contributed by atoms with van der Waals surface area (Å²) in [5.41, 5.74) is 1.67. The minimum Gasteiger partial charge on any atom is -0.348 e. The molecule has 0 aromatic carbocycles. The number of hydrogen-bond acceptors (Lipinski definition) is 5. The molecule has 1 N–H and O–H groups in total. The fraction of sp³-hybridized carbons (Fsp3) is 0.500. The second kappa shape index (κ2) is 7.76. The predicted octanol–water partition coefficient (Wildman–Crippen LogP) is 0.607. The molecule has 1 amide bonds. The van der Waals surface area contributed by atoms with Crippen molar-refractivity contribution in [2.24, 2.45) is 13.0 Å². The molecule has 0 unspecified atom stereocenters. The highest BCUT2D eigenvalue weighted by Gasteiger charge is 2.34. The molecule has 2 aromatic heterocycles. The largest absolute Gasteiger partial charge is 0.348 e.